The maximum atomic E-state index is 13.9. The van der Waals surface area contributed by atoms with E-state index in [0.717, 1.165) is 97.6 Å². The van der Waals surface area contributed by atoms with Crippen LogP contribution in [0.3, 0.4) is 0 Å². The van der Waals surface area contributed by atoms with Gasteiger partial charge >= 0.3 is 12.2 Å². The number of unbranched alkanes of at least 4 members (excludes halogenated alkanes) is 9. The van der Waals surface area contributed by atoms with Gasteiger partial charge in [-0.2, -0.15) is 0 Å². The van der Waals surface area contributed by atoms with Crippen molar-refractivity contribution in [2.45, 2.75) is 127 Å². The number of amides is 6. The fraction of sp³-hybridized carbons (Fsp3) is 0.344. The first-order valence-electron chi connectivity index (χ1n) is 27.4. The molecule has 78 heavy (non-hydrogen) atoms. The van der Waals surface area contributed by atoms with Gasteiger partial charge in [0.2, 0.25) is 23.6 Å². The van der Waals surface area contributed by atoms with Gasteiger partial charge < -0.3 is 41.4 Å². The second-order valence-corrected chi connectivity index (χ2v) is 19.5. The average Bonchev–Trinajstić information content (AvgIpc) is 3.47. The molecule has 6 amide bonds. The molecule has 4 atom stereocenters. The minimum atomic E-state index is -0.984. The number of hydrogen-bond acceptors (Lipinski definition) is 8. The molecule has 6 aromatic carbocycles. The zero-order valence-corrected chi connectivity index (χ0v) is 44.6. The molecule has 0 fully saturated rings. The van der Waals surface area contributed by atoms with E-state index < -0.39 is 48.2 Å². The maximum Gasteiger partial charge on any atom is 0.408 e. The van der Waals surface area contributed by atoms with Gasteiger partial charge in [-0.15, -0.1) is 0 Å². The number of carbonyl (C=O) groups excluding carboxylic acids is 6. The lowest BCUT2D eigenvalue weighted by molar-refractivity contribution is -0.130. The third-order valence-corrected chi connectivity index (χ3v) is 13.2. The molecule has 0 unspecified atom stereocenters. The number of hydrogen-bond donors (Lipinski definition) is 6. The molecular formula is C64H76N6O8. The largest absolute Gasteiger partial charge is 0.445 e. The quantitative estimate of drug-likeness (QED) is 0.0219. The van der Waals surface area contributed by atoms with E-state index in [1.165, 1.54) is 0 Å². The van der Waals surface area contributed by atoms with Crippen LogP contribution in [0.1, 0.15) is 97.6 Å². The molecule has 0 saturated carbocycles. The Labute approximate surface area is 459 Å². The van der Waals surface area contributed by atoms with Gasteiger partial charge in [-0.05, 0) is 46.2 Å². The first-order valence-corrected chi connectivity index (χ1v) is 27.4. The van der Waals surface area contributed by atoms with Crippen LogP contribution in [0.2, 0.25) is 0 Å². The molecule has 14 heteroatoms. The fourth-order valence-electron chi connectivity index (χ4n) is 8.93. The Morgan fingerprint density at radius 2 is 0.513 bits per heavy atom. The Hall–Kier alpha value is -8.26. The van der Waals surface area contributed by atoms with Gasteiger partial charge in [0.1, 0.15) is 37.4 Å². The molecule has 0 saturated heterocycles. The van der Waals surface area contributed by atoms with Crippen molar-refractivity contribution >= 4 is 35.8 Å². The van der Waals surface area contributed by atoms with E-state index in [4.69, 9.17) is 9.47 Å². The SMILES string of the molecule is O=C(N[C@@H](Cc1ccccc1)C(=O)N[C@@H](Cc1ccccc1)C(=O)NCCCCCCCCCCCCNC(=O)[C@H](Cc1ccccc1)NC(=O)[C@H](Cc1ccccc1)NC(=O)OCc1ccccc1)OCc1ccccc1. The second kappa shape index (κ2) is 34.4. The van der Waals surface area contributed by atoms with E-state index in [1.54, 1.807) is 0 Å². The summed E-state index contributed by atoms with van der Waals surface area (Å²) in [6.45, 7) is 1.06. The number of alkyl carbamates (subject to hydrolysis) is 2. The maximum absolute atomic E-state index is 13.9. The van der Waals surface area contributed by atoms with Gasteiger partial charge in [0, 0.05) is 38.8 Å². The Morgan fingerprint density at radius 3 is 0.782 bits per heavy atom. The van der Waals surface area contributed by atoms with Crippen molar-refractivity contribution in [1.29, 1.82) is 0 Å². The second-order valence-electron chi connectivity index (χ2n) is 19.5. The summed E-state index contributed by atoms with van der Waals surface area (Å²) in [7, 11) is 0. The monoisotopic (exact) mass is 1060 g/mol. The van der Waals surface area contributed by atoms with Crippen LogP contribution in [0.4, 0.5) is 9.59 Å². The van der Waals surface area contributed by atoms with Crippen LogP contribution in [0.5, 0.6) is 0 Å². The highest BCUT2D eigenvalue weighted by molar-refractivity contribution is 5.92. The highest BCUT2D eigenvalue weighted by Crippen LogP contribution is 2.13. The molecule has 0 aliphatic rings. The van der Waals surface area contributed by atoms with E-state index in [2.05, 4.69) is 31.9 Å². The van der Waals surface area contributed by atoms with Gasteiger partial charge in [0.15, 0.2) is 0 Å². The zero-order chi connectivity index (χ0) is 54.8. The lowest BCUT2D eigenvalue weighted by Crippen LogP contribution is -2.55. The molecule has 0 spiro atoms. The van der Waals surface area contributed by atoms with Crippen LogP contribution in [0.15, 0.2) is 182 Å². The molecule has 0 heterocycles. The number of benzene rings is 6. The van der Waals surface area contributed by atoms with E-state index >= 15 is 0 Å². The lowest BCUT2D eigenvalue weighted by Gasteiger charge is -2.23. The van der Waals surface area contributed by atoms with E-state index in [-0.39, 0.29) is 50.7 Å². The number of rotatable bonds is 33. The van der Waals surface area contributed by atoms with Crippen LogP contribution in [-0.2, 0) is 67.5 Å². The molecule has 6 rings (SSSR count). The first kappa shape index (κ1) is 59.0. The van der Waals surface area contributed by atoms with Gasteiger partial charge in [0.05, 0.1) is 0 Å². The predicted octanol–water partition coefficient (Wildman–Crippen LogP) is 9.65. The topological polar surface area (TPSA) is 193 Å². The summed E-state index contributed by atoms with van der Waals surface area (Å²) in [4.78, 5) is 81.1. The molecule has 0 bridgehead atoms. The predicted molar refractivity (Wildman–Crippen MR) is 304 cm³/mol. The Kier molecular flexibility index (Phi) is 26.0. The summed E-state index contributed by atoms with van der Waals surface area (Å²) in [6.07, 6.45) is 9.54. The lowest BCUT2D eigenvalue weighted by atomic mass is 10.0. The summed E-state index contributed by atoms with van der Waals surface area (Å²) in [5.74, 6) is -1.54. The van der Waals surface area contributed by atoms with Crippen LogP contribution in [0, 0.1) is 0 Å². The standard InChI is InChI=1S/C64H76N6O8/c71-59(55(43-49-29-15-9-16-30-49)67-61(73)57(45-51-33-19-11-20-34-51)69-63(75)77-47-53-37-23-13-24-38-53)65-41-27-7-5-3-1-2-4-6-8-28-42-66-60(72)56(44-50-31-17-10-18-32-50)68-62(74)58(46-52-35-21-12-22-36-52)70-64(76)78-48-54-39-25-14-26-40-54/h9-26,29-40,55-58H,1-8,27-28,41-48H2,(H,65,71)(H,66,72)(H,67,73)(H,68,74)(H,69,75)(H,70,76)/t55-,56-,57-,58-/m0/s1. The smallest absolute Gasteiger partial charge is 0.408 e. The van der Waals surface area contributed by atoms with Crippen molar-refractivity contribution in [2.75, 3.05) is 13.1 Å². The molecule has 6 N–H and O–H groups in total. The summed E-state index contributed by atoms with van der Waals surface area (Å²) in [5.41, 5.74) is 5.12. The summed E-state index contributed by atoms with van der Waals surface area (Å²) >= 11 is 0. The summed E-state index contributed by atoms with van der Waals surface area (Å²) in [5, 5.41) is 17.4. The normalized spacial score (nSPS) is 12.4. The summed E-state index contributed by atoms with van der Waals surface area (Å²) < 4.78 is 10.9. The fourth-order valence-corrected chi connectivity index (χ4v) is 8.93. The van der Waals surface area contributed by atoms with E-state index in [9.17, 15) is 28.8 Å². The minimum absolute atomic E-state index is 0.0521. The van der Waals surface area contributed by atoms with Crippen molar-refractivity contribution < 1.29 is 38.2 Å². The van der Waals surface area contributed by atoms with Crippen LogP contribution >= 0.6 is 0 Å². The van der Waals surface area contributed by atoms with Crippen molar-refractivity contribution in [2.24, 2.45) is 0 Å². The van der Waals surface area contributed by atoms with Gasteiger partial charge in [-0.3, -0.25) is 19.2 Å². The van der Waals surface area contributed by atoms with Crippen molar-refractivity contribution in [3.8, 4) is 0 Å². The minimum Gasteiger partial charge on any atom is -0.445 e. The molecule has 0 aromatic heterocycles. The van der Waals surface area contributed by atoms with Crippen molar-refractivity contribution in [3.63, 3.8) is 0 Å². The highest BCUT2D eigenvalue weighted by Gasteiger charge is 2.29. The summed E-state index contributed by atoms with van der Waals surface area (Å²) in [6, 6.07) is 52.7. The third-order valence-electron chi connectivity index (χ3n) is 13.2. The molecule has 0 radical (unpaired) electrons. The zero-order valence-electron chi connectivity index (χ0n) is 44.6. The van der Waals surface area contributed by atoms with Gasteiger partial charge in [0.25, 0.3) is 0 Å². The van der Waals surface area contributed by atoms with E-state index in [0.29, 0.717) is 13.1 Å². The molecular weight excluding hydrogens is 981 g/mol. The molecule has 14 nitrogen and oxygen atoms in total. The highest BCUT2D eigenvalue weighted by atomic mass is 16.6. The molecule has 410 valence electrons. The van der Waals surface area contributed by atoms with Gasteiger partial charge in [-0.25, -0.2) is 9.59 Å². The third kappa shape index (κ3) is 22.9. The van der Waals surface area contributed by atoms with Crippen molar-refractivity contribution in [3.05, 3.63) is 215 Å². The van der Waals surface area contributed by atoms with Gasteiger partial charge in [-0.1, -0.05) is 233 Å². The Bertz CT molecular complexity index is 2500. The molecule has 0 aliphatic heterocycles. The molecule has 0 aliphatic carbocycles. The Morgan fingerprint density at radius 1 is 0.282 bits per heavy atom. The average molecular weight is 1060 g/mol. The molecule has 6 aromatic rings. The first-order chi connectivity index (χ1) is 38.2. The van der Waals surface area contributed by atoms with Crippen LogP contribution in [0.25, 0.3) is 0 Å². The van der Waals surface area contributed by atoms with Crippen LogP contribution in [-0.4, -0.2) is 73.1 Å². The Balaban J connectivity index is 0.876. The van der Waals surface area contributed by atoms with Crippen molar-refractivity contribution in [1.82, 2.24) is 31.9 Å². The van der Waals surface area contributed by atoms with E-state index in [1.807, 2.05) is 182 Å². The number of ether oxygens (including phenoxy) is 2. The van der Waals surface area contributed by atoms with Crippen LogP contribution < -0.4 is 31.9 Å². The number of nitrogens with one attached hydrogen (secondary N) is 6. The number of carbonyl (C=O) groups is 6.